The van der Waals surface area contributed by atoms with Crippen molar-refractivity contribution < 1.29 is 8.78 Å². The Balaban J connectivity index is 1.78. The van der Waals surface area contributed by atoms with Crippen molar-refractivity contribution in [2.75, 3.05) is 0 Å². The fourth-order valence-corrected chi connectivity index (χ4v) is 2.25. The van der Waals surface area contributed by atoms with Crippen LogP contribution in [-0.4, -0.2) is 0 Å². The molecule has 0 saturated carbocycles. The van der Waals surface area contributed by atoms with Crippen LogP contribution in [0, 0.1) is 11.6 Å². The Morgan fingerprint density at radius 3 is 1.32 bits per heavy atom. The quantitative estimate of drug-likeness (QED) is 0.719. The van der Waals surface area contributed by atoms with Crippen molar-refractivity contribution in [1.82, 2.24) is 0 Å². The molecule has 2 heteroatoms. The van der Waals surface area contributed by atoms with Crippen molar-refractivity contribution >= 4 is 11.1 Å². The number of halogens is 2. The molecule has 0 radical (unpaired) electrons. The Morgan fingerprint density at radius 2 is 0.947 bits per heavy atom. The molecule has 0 fully saturated rings. The van der Waals surface area contributed by atoms with Crippen molar-refractivity contribution in [2.45, 2.75) is 6.42 Å². The summed E-state index contributed by atoms with van der Waals surface area (Å²) < 4.78 is 25.8. The van der Waals surface area contributed by atoms with Gasteiger partial charge in [0.25, 0.3) is 0 Å². The average Bonchev–Trinajstić information content (AvgIpc) is 2.90. The summed E-state index contributed by atoms with van der Waals surface area (Å²) in [5.41, 5.74) is 4.35. The van der Waals surface area contributed by atoms with Crippen molar-refractivity contribution in [3.05, 3.63) is 83.4 Å². The van der Waals surface area contributed by atoms with Gasteiger partial charge in [0.15, 0.2) is 0 Å². The second-order valence-corrected chi connectivity index (χ2v) is 4.57. The van der Waals surface area contributed by atoms with E-state index in [9.17, 15) is 8.78 Å². The molecule has 0 aromatic heterocycles. The molecule has 19 heavy (non-hydrogen) atoms. The highest BCUT2D eigenvalue weighted by Crippen LogP contribution is 2.33. The van der Waals surface area contributed by atoms with Gasteiger partial charge in [-0.25, -0.2) is 8.78 Å². The highest BCUT2D eigenvalue weighted by Gasteiger charge is 2.12. The topological polar surface area (TPSA) is 0 Å². The van der Waals surface area contributed by atoms with E-state index in [4.69, 9.17) is 0 Å². The van der Waals surface area contributed by atoms with E-state index in [-0.39, 0.29) is 11.6 Å². The lowest BCUT2D eigenvalue weighted by Gasteiger charge is -2.06. The van der Waals surface area contributed by atoms with Crippen molar-refractivity contribution in [1.29, 1.82) is 0 Å². The zero-order valence-corrected chi connectivity index (χ0v) is 10.2. The van der Waals surface area contributed by atoms with Gasteiger partial charge in [0, 0.05) is 0 Å². The first kappa shape index (κ1) is 11.8. The second kappa shape index (κ2) is 4.81. The predicted molar refractivity (Wildman–Crippen MR) is 73.4 cm³/mol. The lowest BCUT2D eigenvalue weighted by molar-refractivity contribution is 0.627. The molecule has 3 rings (SSSR count). The van der Waals surface area contributed by atoms with Gasteiger partial charge in [0.1, 0.15) is 11.6 Å². The summed E-state index contributed by atoms with van der Waals surface area (Å²) in [6.45, 7) is 0. The molecule has 0 saturated heterocycles. The maximum Gasteiger partial charge on any atom is 0.123 e. The minimum Gasteiger partial charge on any atom is -0.207 e. The van der Waals surface area contributed by atoms with Gasteiger partial charge in [-0.15, -0.1) is 0 Å². The van der Waals surface area contributed by atoms with E-state index in [0.29, 0.717) is 0 Å². The normalized spacial score (nSPS) is 14.2. The zero-order chi connectivity index (χ0) is 13.2. The van der Waals surface area contributed by atoms with E-state index >= 15 is 0 Å². The van der Waals surface area contributed by atoms with Crippen LogP contribution in [0.4, 0.5) is 8.78 Å². The van der Waals surface area contributed by atoms with Crippen LogP contribution in [0.25, 0.3) is 11.1 Å². The fraction of sp³-hybridized carbons (Fsp3) is 0.0588. The molecule has 94 valence electrons. The van der Waals surface area contributed by atoms with Crippen LogP contribution >= 0.6 is 0 Å². The lowest BCUT2D eigenvalue weighted by atomic mass is 9.99. The van der Waals surface area contributed by atoms with Crippen LogP contribution in [-0.2, 0) is 0 Å². The third-order valence-corrected chi connectivity index (χ3v) is 3.30. The van der Waals surface area contributed by atoms with E-state index in [1.807, 2.05) is 12.2 Å². The Labute approximate surface area is 110 Å². The Kier molecular flexibility index (Phi) is 3.00. The van der Waals surface area contributed by atoms with Crippen LogP contribution in [0.5, 0.6) is 0 Å². The highest BCUT2D eigenvalue weighted by molar-refractivity contribution is 5.86. The minimum atomic E-state index is -0.228. The first-order chi connectivity index (χ1) is 9.22. The van der Waals surface area contributed by atoms with Crippen molar-refractivity contribution in [3.63, 3.8) is 0 Å². The SMILES string of the molecule is Fc1ccc(C2=CC=C(c3ccc(F)cc3)C2)cc1. The second-order valence-electron chi connectivity index (χ2n) is 4.57. The van der Waals surface area contributed by atoms with Crippen LogP contribution in [0.2, 0.25) is 0 Å². The van der Waals surface area contributed by atoms with E-state index in [1.165, 1.54) is 24.3 Å². The first-order valence-corrected chi connectivity index (χ1v) is 6.14. The van der Waals surface area contributed by atoms with Gasteiger partial charge in [-0.2, -0.15) is 0 Å². The number of hydrogen-bond donors (Lipinski definition) is 0. The first-order valence-electron chi connectivity index (χ1n) is 6.14. The molecule has 0 N–H and O–H groups in total. The van der Waals surface area contributed by atoms with Gasteiger partial charge in [0.05, 0.1) is 0 Å². The van der Waals surface area contributed by atoms with Crippen LogP contribution in [0.3, 0.4) is 0 Å². The van der Waals surface area contributed by atoms with E-state index in [2.05, 4.69) is 0 Å². The van der Waals surface area contributed by atoms with Crippen molar-refractivity contribution in [3.8, 4) is 0 Å². The standard InChI is InChI=1S/C17H12F2/c18-16-7-3-12(4-8-16)14-1-2-15(11-14)13-5-9-17(19)10-6-13/h1-10H,11H2. The summed E-state index contributed by atoms with van der Waals surface area (Å²) in [6, 6.07) is 13.0. The summed E-state index contributed by atoms with van der Waals surface area (Å²) in [4.78, 5) is 0. The number of allylic oxidation sites excluding steroid dienone is 4. The molecule has 0 amide bonds. The van der Waals surface area contributed by atoms with Gasteiger partial charge >= 0.3 is 0 Å². The van der Waals surface area contributed by atoms with Gasteiger partial charge in [-0.05, 0) is 53.0 Å². The zero-order valence-electron chi connectivity index (χ0n) is 10.2. The maximum absolute atomic E-state index is 12.9. The summed E-state index contributed by atoms with van der Waals surface area (Å²) in [5, 5.41) is 0. The van der Waals surface area contributed by atoms with Crippen LogP contribution in [0.15, 0.2) is 60.7 Å². The van der Waals surface area contributed by atoms with E-state index in [1.54, 1.807) is 24.3 Å². The molecule has 1 aliphatic rings. The summed E-state index contributed by atoms with van der Waals surface area (Å²) in [6.07, 6.45) is 4.86. The predicted octanol–water partition coefficient (Wildman–Crippen LogP) is 4.84. The lowest BCUT2D eigenvalue weighted by Crippen LogP contribution is -1.86. The van der Waals surface area contributed by atoms with E-state index in [0.717, 1.165) is 28.7 Å². The van der Waals surface area contributed by atoms with E-state index < -0.39 is 0 Å². The van der Waals surface area contributed by atoms with Crippen LogP contribution < -0.4 is 0 Å². The fourth-order valence-electron chi connectivity index (χ4n) is 2.25. The summed E-state index contributed by atoms with van der Waals surface area (Å²) >= 11 is 0. The van der Waals surface area contributed by atoms with Gasteiger partial charge in [-0.3, -0.25) is 0 Å². The molecule has 0 unspecified atom stereocenters. The summed E-state index contributed by atoms with van der Waals surface area (Å²) in [7, 11) is 0. The third-order valence-electron chi connectivity index (χ3n) is 3.30. The molecule has 0 aliphatic heterocycles. The third kappa shape index (κ3) is 2.48. The van der Waals surface area contributed by atoms with Crippen molar-refractivity contribution in [2.24, 2.45) is 0 Å². The minimum absolute atomic E-state index is 0.228. The smallest absolute Gasteiger partial charge is 0.123 e. The number of hydrogen-bond acceptors (Lipinski definition) is 0. The number of benzene rings is 2. The molecule has 0 bridgehead atoms. The number of rotatable bonds is 2. The Hall–Kier alpha value is -2.22. The molecule has 0 heterocycles. The molecule has 0 atom stereocenters. The maximum atomic E-state index is 12.9. The Bertz CT molecular complexity index is 587. The molecule has 0 nitrogen and oxygen atoms in total. The van der Waals surface area contributed by atoms with Gasteiger partial charge in [-0.1, -0.05) is 36.4 Å². The molecular weight excluding hydrogens is 242 g/mol. The molecule has 0 spiro atoms. The van der Waals surface area contributed by atoms with Gasteiger partial charge < -0.3 is 0 Å². The monoisotopic (exact) mass is 254 g/mol. The largest absolute Gasteiger partial charge is 0.207 e. The highest BCUT2D eigenvalue weighted by atomic mass is 19.1. The van der Waals surface area contributed by atoms with Gasteiger partial charge in [0.2, 0.25) is 0 Å². The van der Waals surface area contributed by atoms with Crippen LogP contribution in [0.1, 0.15) is 17.5 Å². The average molecular weight is 254 g/mol. The summed E-state index contributed by atoms with van der Waals surface area (Å²) in [5.74, 6) is -0.455. The molecule has 2 aromatic rings. The molecule has 2 aromatic carbocycles. The molecular formula is C17H12F2. The Morgan fingerprint density at radius 1 is 0.579 bits per heavy atom. The molecule has 1 aliphatic carbocycles.